The lowest BCUT2D eigenvalue weighted by Crippen LogP contribution is -2.40. The average Bonchev–Trinajstić information content (AvgIpc) is 3.26. The van der Waals surface area contributed by atoms with Gasteiger partial charge in [-0.1, -0.05) is 36.4 Å². The van der Waals surface area contributed by atoms with Crippen molar-refractivity contribution in [3.8, 4) is 17.6 Å². The normalized spacial score (nSPS) is 11.3. The second-order valence-electron chi connectivity index (χ2n) is 7.87. The summed E-state index contributed by atoms with van der Waals surface area (Å²) in [6, 6.07) is 19.6. The Bertz CT molecular complexity index is 1560. The Balaban J connectivity index is 1.33. The van der Waals surface area contributed by atoms with Gasteiger partial charge in [0.1, 0.15) is 18.2 Å². The molecule has 0 saturated carbocycles. The van der Waals surface area contributed by atoms with Crippen molar-refractivity contribution in [3.05, 3.63) is 96.6 Å². The topological polar surface area (TPSA) is 104 Å². The predicted molar refractivity (Wildman–Crippen MR) is 131 cm³/mol. The number of nitrogens with one attached hydrogen (secondary N) is 1. The molecule has 2 aromatic carbocycles. The molecule has 0 spiro atoms. The van der Waals surface area contributed by atoms with E-state index < -0.39 is 12.0 Å². The predicted octanol–water partition coefficient (Wildman–Crippen LogP) is 4.71. The molecule has 1 amide bonds. The molecular formula is C26H20F2N6O3. The molecule has 0 bridgehead atoms. The van der Waals surface area contributed by atoms with Gasteiger partial charge in [0.15, 0.2) is 5.82 Å². The zero-order chi connectivity index (χ0) is 25.8. The number of halogens is 2. The summed E-state index contributed by atoms with van der Waals surface area (Å²) in [5.41, 5.74) is 2.52. The SMILES string of the molecule is Cc1nccnc1-n1c(OCc2cccc(NC(=O)C(F)(F)Oc3ccccc3)n2)nc2ccccc21. The minimum atomic E-state index is -4.10. The average molecular weight is 502 g/mol. The molecule has 3 aromatic heterocycles. The molecule has 37 heavy (non-hydrogen) atoms. The van der Waals surface area contributed by atoms with E-state index >= 15 is 0 Å². The van der Waals surface area contributed by atoms with Gasteiger partial charge in [-0.05, 0) is 43.3 Å². The number of alkyl halides is 2. The van der Waals surface area contributed by atoms with Gasteiger partial charge >= 0.3 is 18.0 Å². The number of fused-ring (bicyclic) bond motifs is 1. The summed E-state index contributed by atoms with van der Waals surface area (Å²) in [4.78, 5) is 29.7. The summed E-state index contributed by atoms with van der Waals surface area (Å²) < 4.78 is 40.8. The molecule has 1 N–H and O–H groups in total. The number of aryl methyl sites for hydroxylation is 1. The molecule has 0 unspecified atom stereocenters. The highest BCUT2D eigenvalue weighted by molar-refractivity contribution is 5.94. The molecule has 0 aliphatic carbocycles. The van der Waals surface area contributed by atoms with Crippen molar-refractivity contribution < 1.29 is 23.0 Å². The summed E-state index contributed by atoms with van der Waals surface area (Å²) in [6.45, 7) is 1.77. The van der Waals surface area contributed by atoms with Crippen LogP contribution < -0.4 is 14.8 Å². The fourth-order valence-corrected chi connectivity index (χ4v) is 3.57. The number of para-hydroxylation sites is 3. The van der Waals surface area contributed by atoms with E-state index in [1.54, 1.807) is 35.2 Å². The standard InChI is InChI=1S/C26H20F2N6O3/c1-17-23(30-15-14-29-17)34-21-12-6-5-11-20(21)32-25(34)36-16-18-8-7-13-22(31-18)33-24(35)26(27,28)37-19-9-3-2-4-10-19/h2-15H,16H2,1H3,(H,31,33,35). The van der Waals surface area contributed by atoms with E-state index in [4.69, 9.17) is 4.74 Å². The van der Waals surface area contributed by atoms with Crippen LogP contribution in [0.4, 0.5) is 14.6 Å². The molecule has 0 aliphatic heterocycles. The van der Waals surface area contributed by atoms with Crippen LogP contribution in [0.2, 0.25) is 0 Å². The first kappa shape index (κ1) is 23.8. The van der Waals surface area contributed by atoms with Crippen molar-refractivity contribution in [2.75, 3.05) is 5.32 Å². The molecule has 186 valence electrons. The highest BCUT2D eigenvalue weighted by Crippen LogP contribution is 2.27. The zero-order valence-corrected chi connectivity index (χ0v) is 19.5. The van der Waals surface area contributed by atoms with Crippen molar-refractivity contribution in [1.82, 2.24) is 24.5 Å². The van der Waals surface area contributed by atoms with Crippen molar-refractivity contribution in [3.63, 3.8) is 0 Å². The first-order chi connectivity index (χ1) is 17.9. The number of aromatic nitrogens is 5. The number of amides is 1. The molecule has 5 rings (SSSR count). The number of carbonyl (C=O) groups is 1. The van der Waals surface area contributed by atoms with Gasteiger partial charge in [-0.2, -0.15) is 13.8 Å². The van der Waals surface area contributed by atoms with Crippen LogP contribution in [0.1, 0.15) is 11.4 Å². The minimum Gasteiger partial charge on any atom is -0.458 e. The molecular weight excluding hydrogens is 482 g/mol. The number of imidazole rings is 1. The lowest BCUT2D eigenvalue weighted by Gasteiger charge is -2.17. The number of benzene rings is 2. The Kier molecular flexibility index (Phi) is 6.42. The fourth-order valence-electron chi connectivity index (χ4n) is 3.57. The third-order valence-corrected chi connectivity index (χ3v) is 5.25. The number of carbonyl (C=O) groups excluding carboxylic acids is 1. The van der Waals surface area contributed by atoms with Crippen LogP contribution in [0.15, 0.2) is 85.2 Å². The molecule has 0 fully saturated rings. The number of hydrogen-bond donors (Lipinski definition) is 1. The van der Waals surface area contributed by atoms with Gasteiger partial charge in [-0.3, -0.25) is 9.78 Å². The van der Waals surface area contributed by atoms with Crippen molar-refractivity contribution in [1.29, 1.82) is 0 Å². The number of nitrogens with zero attached hydrogens (tertiary/aromatic N) is 5. The third-order valence-electron chi connectivity index (χ3n) is 5.25. The maximum atomic E-state index is 14.3. The Morgan fingerprint density at radius 2 is 1.70 bits per heavy atom. The van der Waals surface area contributed by atoms with Gasteiger partial charge < -0.3 is 14.8 Å². The minimum absolute atomic E-state index is 0.0523. The highest BCUT2D eigenvalue weighted by Gasteiger charge is 2.42. The molecule has 11 heteroatoms. The van der Waals surface area contributed by atoms with Gasteiger partial charge in [0.05, 0.1) is 22.4 Å². The van der Waals surface area contributed by atoms with Crippen LogP contribution in [-0.4, -0.2) is 36.5 Å². The number of anilines is 1. The Morgan fingerprint density at radius 1 is 0.946 bits per heavy atom. The summed E-state index contributed by atoms with van der Waals surface area (Å²) in [7, 11) is 0. The lowest BCUT2D eigenvalue weighted by atomic mass is 10.3. The van der Waals surface area contributed by atoms with E-state index in [0.29, 0.717) is 22.7 Å². The molecule has 0 saturated heterocycles. The van der Waals surface area contributed by atoms with Crippen LogP contribution in [0.5, 0.6) is 11.8 Å². The first-order valence-corrected chi connectivity index (χ1v) is 11.2. The second kappa shape index (κ2) is 9.97. The highest BCUT2D eigenvalue weighted by atomic mass is 19.3. The molecule has 0 radical (unpaired) electrons. The van der Waals surface area contributed by atoms with Crippen molar-refractivity contribution in [2.45, 2.75) is 19.6 Å². The van der Waals surface area contributed by atoms with Crippen LogP contribution in [-0.2, 0) is 11.4 Å². The molecule has 3 heterocycles. The van der Waals surface area contributed by atoms with E-state index in [1.165, 1.54) is 30.3 Å². The fraction of sp³-hybridized carbons (Fsp3) is 0.115. The molecule has 5 aromatic rings. The molecule has 0 atom stereocenters. The maximum absolute atomic E-state index is 14.3. The molecule has 9 nitrogen and oxygen atoms in total. The summed E-state index contributed by atoms with van der Waals surface area (Å²) >= 11 is 0. The van der Waals surface area contributed by atoms with Gasteiger partial charge in [0, 0.05) is 12.4 Å². The van der Waals surface area contributed by atoms with Crippen molar-refractivity contribution >= 4 is 22.8 Å². The monoisotopic (exact) mass is 502 g/mol. The van der Waals surface area contributed by atoms with Gasteiger partial charge in [-0.25, -0.2) is 14.5 Å². The largest absolute Gasteiger partial charge is 0.482 e. The van der Waals surface area contributed by atoms with Crippen LogP contribution in [0.3, 0.4) is 0 Å². The first-order valence-electron chi connectivity index (χ1n) is 11.2. The zero-order valence-electron chi connectivity index (χ0n) is 19.5. The smallest absolute Gasteiger partial charge is 0.458 e. The number of hydrogen-bond acceptors (Lipinski definition) is 7. The third kappa shape index (κ3) is 5.20. The maximum Gasteiger partial charge on any atom is 0.482 e. The Labute approximate surface area is 209 Å². The van der Waals surface area contributed by atoms with Crippen molar-refractivity contribution in [2.24, 2.45) is 0 Å². The van der Waals surface area contributed by atoms with Gasteiger partial charge in [0.25, 0.3) is 0 Å². The van der Waals surface area contributed by atoms with Crippen LogP contribution in [0, 0.1) is 6.92 Å². The second-order valence-corrected chi connectivity index (χ2v) is 7.87. The van der Waals surface area contributed by atoms with Gasteiger partial charge in [-0.15, -0.1) is 0 Å². The van der Waals surface area contributed by atoms with E-state index in [2.05, 4.69) is 30.0 Å². The number of ether oxygens (including phenoxy) is 2. The number of rotatable bonds is 8. The lowest BCUT2D eigenvalue weighted by molar-refractivity contribution is -0.187. The van der Waals surface area contributed by atoms with Crippen LogP contribution in [0.25, 0.3) is 16.9 Å². The summed E-state index contributed by atoms with van der Waals surface area (Å²) in [6.07, 6.45) is -0.933. The van der Waals surface area contributed by atoms with E-state index in [-0.39, 0.29) is 24.2 Å². The Morgan fingerprint density at radius 3 is 2.51 bits per heavy atom. The van der Waals surface area contributed by atoms with E-state index in [1.807, 2.05) is 31.2 Å². The quantitative estimate of drug-likeness (QED) is 0.328. The summed E-state index contributed by atoms with van der Waals surface area (Å²) in [5.74, 6) is -1.32. The van der Waals surface area contributed by atoms with E-state index in [0.717, 1.165) is 5.52 Å². The van der Waals surface area contributed by atoms with Crippen LogP contribution >= 0.6 is 0 Å². The molecule has 0 aliphatic rings. The Hall–Kier alpha value is -4.93. The summed E-state index contributed by atoms with van der Waals surface area (Å²) in [5, 5.41) is 2.09. The van der Waals surface area contributed by atoms with Gasteiger partial charge in [0.2, 0.25) is 0 Å². The van der Waals surface area contributed by atoms with E-state index in [9.17, 15) is 13.6 Å². The number of pyridine rings is 1.